The van der Waals surface area contributed by atoms with Gasteiger partial charge in [-0.3, -0.25) is 9.88 Å². The van der Waals surface area contributed by atoms with Crippen molar-refractivity contribution in [3.63, 3.8) is 0 Å². The quantitative estimate of drug-likeness (QED) is 0.483. The van der Waals surface area contributed by atoms with E-state index >= 15 is 0 Å². The van der Waals surface area contributed by atoms with Gasteiger partial charge in [0.25, 0.3) is 0 Å². The molecule has 0 saturated heterocycles. The minimum Gasteiger partial charge on any atom is -0.380 e. The molecule has 150 valence electrons. The van der Waals surface area contributed by atoms with E-state index in [2.05, 4.69) is 55.5 Å². The molecule has 30 heavy (non-hydrogen) atoms. The van der Waals surface area contributed by atoms with E-state index in [9.17, 15) is 0 Å². The Hall–Kier alpha value is -3.16. The van der Waals surface area contributed by atoms with Crippen LogP contribution in [0.4, 0.5) is 17.2 Å². The Bertz CT molecular complexity index is 1230. The van der Waals surface area contributed by atoms with E-state index in [1.807, 2.05) is 25.1 Å². The molecule has 4 aromatic rings. The van der Waals surface area contributed by atoms with E-state index in [4.69, 9.17) is 4.74 Å². The van der Waals surface area contributed by atoms with Crippen LogP contribution in [0.5, 0.6) is 0 Å². The number of pyridine rings is 1. The van der Waals surface area contributed by atoms with Crippen molar-refractivity contribution in [3.05, 3.63) is 72.2 Å². The lowest BCUT2D eigenvalue weighted by Gasteiger charge is -2.30. The molecule has 3 heterocycles. The van der Waals surface area contributed by atoms with Crippen LogP contribution in [0.25, 0.3) is 10.9 Å². The molecule has 2 aromatic heterocycles. The zero-order valence-electron chi connectivity index (χ0n) is 16.8. The maximum Gasteiger partial charge on any atom is 0.168 e. The van der Waals surface area contributed by atoms with Gasteiger partial charge < -0.3 is 10.1 Å². The van der Waals surface area contributed by atoms with Crippen LogP contribution in [0, 0.1) is 6.92 Å². The third-order valence-electron chi connectivity index (χ3n) is 5.01. The zero-order valence-corrected chi connectivity index (χ0v) is 17.6. The molecule has 0 saturated carbocycles. The van der Waals surface area contributed by atoms with E-state index in [0.29, 0.717) is 13.3 Å². The molecule has 1 N–H and O–H groups in total. The first-order valence-electron chi connectivity index (χ1n) is 9.71. The highest BCUT2D eigenvalue weighted by molar-refractivity contribution is 7.99. The van der Waals surface area contributed by atoms with E-state index in [1.165, 1.54) is 5.56 Å². The van der Waals surface area contributed by atoms with Gasteiger partial charge in [0.1, 0.15) is 11.8 Å². The number of benzene rings is 2. The normalized spacial score (nSPS) is 12.5. The minimum absolute atomic E-state index is 0.421. The topological polar surface area (TPSA) is 63.2 Å². The molecule has 2 aromatic carbocycles. The van der Waals surface area contributed by atoms with Crippen LogP contribution in [-0.2, 0) is 11.3 Å². The molecule has 0 aliphatic carbocycles. The molecular weight excluding hydrogens is 394 g/mol. The summed E-state index contributed by atoms with van der Waals surface area (Å²) in [5, 5.41) is 5.61. The first kappa shape index (κ1) is 18.8. The number of aromatic nitrogens is 3. The van der Waals surface area contributed by atoms with Crippen molar-refractivity contribution < 1.29 is 4.74 Å². The summed E-state index contributed by atoms with van der Waals surface area (Å²) in [6.45, 7) is 3.15. The summed E-state index contributed by atoms with van der Waals surface area (Å²) in [6, 6.07) is 16.8. The SMILES string of the molecule is COCN1c2cc(CNc3cc(C)nc4ccccc34)ccc2Sc2nccnc21. The molecular formula is C23H21N5OS. The van der Waals surface area contributed by atoms with Gasteiger partial charge in [-0.1, -0.05) is 36.0 Å². The standard InChI is InChI=1S/C23H21N5OS/c1-15-11-19(17-5-3-4-6-18(17)27-15)26-13-16-7-8-21-20(12-16)28(14-29-2)22-23(30-21)25-10-9-24-22/h3-12H,13-14H2,1-2H3,(H,26,27). The van der Waals surface area contributed by atoms with Gasteiger partial charge >= 0.3 is 0 Å². The molecule has 0 spiro atoms. The van der Waals surface area contributed by atoms with Gasteiger partial charge in [0.15, 0.2) is 5.82 Å². The summed E-state index contributed by atoms with van der Waals surface area (Å²) in [5.41, 5.74) is 5.36. The van der Waals surface area contributed by atoms with Gasteiger partial charge in [-0.15, -0.1) is 0 Å². The highest BCUT2D eigenvalue weighted by atomic mass is 32.2. The Morgan fingerprint density at radius 3 is 2.83 bits per heavy atom. The predicted molar refractivity (Wildman–Crippen MR) is 120 cm³/mol. The molecule has 0 fully saturated rings. The second-order valence-corrected chi connectivity index (χ2v) is 8.15. The van der Waals surface area contributed by atoms with Crippen LogP contribution in [0.2, 0.25) is 0 Å². The molecule has 1 aliphatic rings. The molecule has 0 amide bonds. The number of anilines is 3. The van der Waals surface area contributed by atoms with Crippen molar-refractivity contribution >= 4 is 39.9 Å². The Kier molecular flexibility index (Phi) is 4.98. The maximum absolute atomic E-state index is 5.45. The lowest BCUT2D eigenvalue weighted by atomic mass is 10.1. The average molecular weight is 416 g/mol. The fourth-order valence-electron chi connectivity index (χ4n) is 3.67. The molecule has 5 rings (SSSR count). The number of para-hydroxylation sites is 1. The highest BCUT2D eigenvalue weighted by Gasteiger charge is 2.25. The molecule has 0 atom stereocenters. The van der Waals surface area contributed by atoms with E-state index in [-0.39, 0.29) is 0 Å². The van der Waals surface area contributed by atoms with Gasteiger partial charge in [-0.25, -0.2) is 9.97 Å². The number of rotatable bonds is 5. The number of methoxy groups -OCH3 is 1. The molecule has 0 unspecified atom stereocenters. The van der Waals surface area contributed by atoms with E-state index in [1.54, 1.807) is 31.3 Å². The monoisotopic (exact) mass is 415 g/mol. The summed E-state index contributed by atoms with van der Waals surface area (Å²) in [7, 11) is 1.69. The van der Waals surface area contributed by atoms with Crippen LogP contribution in [0.1, 0.15) is 11.3 Å². The van der Waals surface area contributed by atoms with Crippen LogP contribution in [0.3, 0.4) is 0 Å². The van der Waals surface area contributed by atoms with Crippen LogP contribution < -0.4 is 10.2 Å². The van der Waals surface area contributed by atoms with Gasteiger partial charge in [0.2, 0.25) is 0 Å². The van der Waals surface area contributed by atoms with Gasteiger partial charge in [0, 0.05) is 47.7 Å². The molecule has 0 bridgehead atoms. The molecule has 0 radical (unpaired) electrons. The smallest absolute Gasteiger partial charge is 0.168 e. The predicted octanol–water partition coefficient (Wildman–Crippen LogP) is 5.15. The van der Waals surface area contributed by atoms with E-state index < -0.39 is 0 Å². The van der Waals surface area contributed by atoms with Crippen LogP contribution in [-0.4, -0.2) is 28.8 Å². The fraction of sp³-hybridized carbons (Fsp3) is 0.174. The largest absolute Gasteiger partial charge is 0.380 e. The number of aryl methyl sites for hydroxylation is 1. The number of hydrogen-bond acceptors (Lipinski definition) is 7. The molecule has 1 aliphatic heterocycles. The van der Waals surface area contributed by atoms with Gasteiger partial charge in [-0.05, 0) is 36.8 Å². The molecule has 6 nitrogen and oxygen atoms in total. The third kappa shape index (κ3) is 3.46. The van der Waals surface area contributed by atoms with E-state index in [0.717, 1.165) is 43.7 Å². The highest BCUT2D eigenvalue weighted by Crippen LogP contribution is 2.46. The summed E-state index contributed by atoms with van der Waals surface area (Å²) < 4.78 is 5.45. The average Bonchev–Trinajstić information content (AvgIpc) is 2.77. The Morgan fingerprint density at radius 2 is 1.93 bits per heavy atom. The zero-order chi connectivity index (χ0) is 20.5. The second kappa shape index (κ2) is 7.93. The summed E-state index contributed by atoms with van der Waals surface area (Å²) >= 11 is 1.64. The summed E-state index contributed by atoms with van der Waals surface area (Å²) in [6.07, 6.45) is 3.44. The lowest BCUT2D eigenvalue weighted by molar-refractivity contribution is 0.204. The number of ether oxygens (including phenoxy) is 1. The third-order valence-corrected chi connectivity index (χ3v) is 6.05. The Balaban J connectivity index is 1.45. The fourth-order valence-corrected chi connectivity index (χ4v) is 4.66. The van der Waals surface area contributed by atoms with Crippen molar-refractivity contribution in [1.82, 2.24) is 15.0 Å². The Morgan fingerprint density at radius 1 is 1.07 bits per heavy atom. The maximum atomic E-state index is 5.45. The lowest BCUT2D eigenvalue weighted by Crippen LogP contribution is -2.24. The number of nitrogens with zero attached hydrogens (tertiary/aromatic N) is 4. The summed E-state index contributed by atoms with van der Waals surface area (Å²) in [5.74, 6) is 0.831. The first-order valence-corrected chi connectivity index (χ1v) is 10.5. The minimum atomic E-state index is 0.421. The van der Waals surface area contributed by atoms with Crippen LogP contribution >= 0.6 is 11.8 Å². The first-order chi connectivity index (χ1) is 14.7. The number of hydrogen-bond donors (Lipinski definition) is 1. The van der Waals surface area contributed by atoms with Crippen molar-refractivity contribution in [1.29, 1.82) is 0 Å². The van der Waals surface area contributed by atoms with Gasteiger partial charge in [0.05, 0.1) is 11.2 Å². The second-order valence-electron chi connectivity index (χ2n) is 7.12. The van der Waals surface area contributed by atoms with Crippen molar-refractivity contribution in [2.24, 2.45) is 0 Å². The Labute approximate surface area is 179 Å². The van der Waals surface area contributed by atoms with Crippen molar-refractivity contribution in [2.75, 3.05) is 24.1 Å². The van der Waals surface area contributed by atoms with Gasteiger partial charge in [-0.2, -0.15) is 0 Å². The summed E-state index contributed by atoms with van der Waals surface area (Å²) in [4.78, 5) is 16.8. The van der Waals surface area contributed by atoms with Crippen molar-refractivity contribution in [3.8, 4) is 0 Å². The van der Waals surface area contributed by atoms with Crippen LogP contribution in [0.15, 0.2) is 70.8 Å². The van der Waals surface area contributed by atoms with Crippen molar-refractivity contribution in [2.45, 2.75) is 23.4 Å². The molecule has 7 heteroatoms. The number of nitrogens with one attached hydrogen (secondary N) is 1. The number of fused-ring (bicyclic) bond motifs is 3.